The van der Waals surface area contributed by atoms with Crippen molar-refractivity contribution in [3.63, 3.8) is 0 Å². The van der Waals surface area contributed by atoms with Crippen LogP contribution in [-0.2, 0) is 6.54 Å². The number of hydrogen-bond donors (Lipinski definition) is 0. The molecule has 0 unspecified atom stereocenters. The smallest absolute Gasteiger partial charge is 0.119 e. The number of nitrogens with zero attached hydrogens (tertiary/aromatic N) is 2. The number of hydrogen-bond acceptors (Lipinski definition) is 4. The molecule has 0 saturated heterocycles. The van der Waals surface area contributed by atoms with Gasteiger partial charge in [-0.05, 0) is 60.1 Å². The van der Waals surface area contributed by atoms with Crippen LogP contribution in [-0.4, -0.2) is 25.1 Å². The molecule has 0 radical (unpaired) electrons. The third-order valence-corrected chi connectivity index (χ3v) is 3.70. The van der Waals surface area contributed by atoms with E-state index < -0.39 is 0 Å². The zero-order chi connectivity index (χ0) is 14.2. The fourth-order valence-electron chi connectivity index (χ4n) is 1.92. The quantitative estimate of drug-likeness (QED) is 0.731. The first-order chi connectivity index (χ1) is 9.78. The molecule has 1 heterocycles. The Morgan fingerprint density at radius 3 is 2.70 bits per heavy atom. The van der Waals surface area contributed by atoms with Crippen molar-refractivity contribution in [2.75, 3.05) is 20.2 Å². The average Bonchev–Trinajstić information content (AvgIpc) is 2.97. The molecule has 0 bridgehead atoms. The lowest BCUT2D eigenvalue weighted by Crippen LogP contribution is -2.20. The summed E-state index contributed by atoms with van der Waals surface area (Å²) in [4.78, 5) is 2.30. The summed E-state index contributed by atoms with van der Waals surface area (Å²) >= 11 is 1.74. The van der Waals surface area contributed by atoms with Crippen LogP contribution in [0.5, 0.6) is 5.75 Å². The third kappa shape index (κ3) is 4.69. The minimum absolute atomic E-state index is 0.660. The Balaban J connectivity index is 1.64. The van der Waals surface area contributed by atoms with Crippen LogP contribution in [0.1, 0.15) is 17.5 Å². The van der Waals surface area contributed by atoms with E-state index in [1.807, 2.05) is 12.1 Å². The van der Waals surface area contributed by atoms with Gasteiger partial charge in [0.1, 0.15) is 5.75 Å². The van der Waals surface area contributed by atoms with E-state index in [1.165, 1.54) is 5.56 Å². The summed E-state index contributed by atoms with van der Waals surface area (Å²) < 4.78 is 5.66. The summed E-state index contributed by atoms with van der Waals surface area (Å²) in [6, 6.07) is 11.5. The van der Waals surface area contributed by atoms with Crippen LogP contribution in [0.2, 0.25) is 0 Å². The molecular weight excluding hydrogens is 268 g/mol. The first kappa shape index (κ1) is 14.6. The Morgan fingerprint density at radius 1 is 1.25 bits per heavy atom. The van der Waals surface area contributed by atoms with E-state index in [1.54, 1.807) is 23.5 Å². The predicted molar refractivity (Wildman–Crippen MR) is 81.9 cm³/mol. The number of benzene rings is 1. The number of rotatable bonds is 7. The molecule has 2 rings (SSSR count). The maximum Gasteiger partial charge on any atom is 0.119 e. The lowest BCUT2D eigenvalue weighted by molar-refractivity contribution is 0.259. The molecule has 3 nitrogen and oxygen atoms in total. The Bertz CT molecular complexity index is 543. The van der Waals surface area contributed by atoms with Crippen molar-refractivity contribution in [1.82, 2.24) is 4.90 Å². The second-order valence-corrected chi connectivity index (χ2v) is 5.49. The Labute approximate surface area is 124 Å². The summed E-state index contributed by atoms with van der Waals surface area (Å²) in [5.74, 6) is 0.824. The Morgan fingerprint density at radius 2 is 2.05 bits per heavy atom. The van der Waals surface area contributed by atoms with Crippen molar-refractivity contribution in [1.29, 1.82) is 5.26 Å². The Kier molecular flexibility index (Phi) is 5.60. The monoisotopic (exact) mass is 286 g/mol. The van der Waals surface area contributed by atoms with Gasteiger partial charge in [0, 0.05) is 13.1 Å². The zero-order valence-corrected chi connectivity index (χ0v) is 12.4. The van der Waals surface area contributed by atoms with Gasteiger partial charge in [-0.2, -0.15) is 16.6 Å². The molecule has 0 fully saturated rings. The summed E-state index contributed by atoms with van der Waals surface area (Å²) in [5.41, 5.74) is 2.03. The normalized spacial score (nSPS) is 10.4. The molecule has 0 saturated carbocycles. The van der Waals surface area contributed by atoms with Crippen molar-refractivity contribution in [2.45, 2.75) is 13.0 Å². The van der Waals surface area contributed by atoms with Gasteiger partial charge < -0.3 is 9.64 Å². The molecule has 0 aliphatic carbocycles. The molecule has 20 heavy (non-hydrogen) atoms. The van der Waals surface area contributed by atoms with Crippen LogP contribution in [0.15, 0.2) is 41.1 Å². The van der Waals surface area contributed by atoms with E-state index in [9.17, 15) is 0 Å². The van der Waals surface area contributed by atoms with Gasteiger partial charge in [0.2, 0.25) is 0 Å². The number of nitriles is 1. The molecule has 0 N–H and O–H groups in total. The maximum absolute atomic E-state index is 8.71. The third-order valence-electron chi connectivity index (χ3n) is 2.97. The average molecular weight is 286 g/mol. The van der Waals surface area contributed by atoms with Gasteiger partial charge in [0.05, 0.1) is 18.2 Å². The lowest BCUT2D eigenvalue weighted by Gasteiger charge is -2.15. The zero-order valence-electron chi connectivity index (χ0n) is 11.6. The summed E-state index contributed by atoms with van der Waals surface area (Å²) in [6.45, 7) is 2.69. The van der Waals surface area contributed by atoms with Gasteiger partial charge in [-0.15, -0.1) is 0 Å². The van der Waals surface area contributed by atoms with E-state index >= 15 is 0 Å². The lowest BCUT2D eigenvalue weighted by atomic mass is 10.2. The van der Waals surface area contributed by atoms with Crippen LogP contribution >= 0.6 is 11.3 Å². The standard InChI is InChI=1S/C16H18N2OS/c1-18(12-15-7-10-20-13-15)8-2-9-19-16-5-3-14(11-17)4-6-16/h3-7,10,13H,2,8-9,12H2,1H3. The highest BCUT2D eigenvalue weighted by Gasteiger charge is 2.01. The van der Waals surface area contributed by atoms with Crippen LogP contribution < -0.4 is 4.74 Å². The largest absolute Gasteiger partial charge is 0.494 e. The van der Waals surface area contributed by atoms with Gasteiger partial charge in [-0.1, -0.05) is 0 Å². The van der Waals surface area contributed by atoms with Crippen molar-refractivity contribution >= 4 is 11.3 Å². The number of ether oxygens (including phenoxy) is 1. The molecule has 0 atom stereocenters. The molecule has 0 aliphatic rings. The molecule has 104 valence electrons. The first-order valence-electron chi connectivity index (χ1n) is 6.60. The molecule has 2 aromatic rings. The fraction of sp³-hybridized carbons (Fsp3) is 0.312. The van der Waals surface area contributed by atoms with Crippen LogP contribution in [0.25, 0.3) is 0 Å². The highest BCUT2D eigenvalue weighted by molar-refractivity contribution is 7.07. The molecule has 0 aliphatic heterocycles. The van der Waals surface area contributed by atoms with E-state index in [4.69, 9.17) is 10.00 Å². The topological polar surface area (TPSA) is 36.3 Å². The van der Waals surface area contributed by atoms with E-state index in [0.717, 1.165) is 25.3 Å². The summed E-state index contributed by atoms with van der Waals surface area (Å²) in [7, 11) is 2.12. The van der Waals surface area contributed by atoms with Gasteiger partial charge in [0.25, 0.3) is 0 Å². The van der Waals surface area contributed by atoms with Crippen molar-refractivity contribution in [3.05, 3.63) is 52.2 Å². The Hall–Kier alpha value is -1.83. The second-order valence-electron chi connectivity index (χ2n) is 4.71. The van der Waals surface area contributed by atoms with Crippen molar-refractivity contribution in [3.8, 4) is 11.8 Å². The van der Waals surface area contributed by atoms with Crippen molar-refractivity contribution in [2.24, 2.45) is 0 Å². The van der Waals surface area contributed by atoms with Crippen LogP contribution in [0.4, 0.5) is 0 Å². The molecule has 4 heteroatoms. The summed E-state index contributed by atoms with van der Waals surface area (Å²) in [6.07, 6.45) is 0.987. The van der Waals surface area contributed by atoms with E-state index in [2.05, 4.69) is 34.8 Å². The summed E-state index contributed by atoms with van der Waals surface area (Å²) in [5, 5.41) is 13.0. The fourth-order valence-corrected chi connectivity index (χ4v) is 2.58. The second kappa shape index (κ2) is 7.68. The maximum atomic E-state index is 8.71. The minimum atomic E-state index is 0.660. The molecule has 0 spiro atoms. The van der Waals surface area contributed by atoms with E-state index in [0.29, 0.717) is 12.2 Å². The molecular formula is C16H18N2OS. The molecule has 0 amide bonds. The highest BCUT2D eigenvalue weighted by atomic mass is 32.1. The first-order valence-corrected chi connectivity index (χ1v) is 7.55. The van der Waals surface area contributed by atoms with Gasteiger partial charge in [0.15, 0.2) is 0 Å². The number of thiophene rings is 1. The SMILES string of the molecule is CN(CCCOc1ccc(C#N)cc1)Cc1ccsc1. The van der Waals surface area contributed by atoms with Gasteiger partial charge in [-0.3, -0.25) is 0 Å². The van der Waals surface area contributed by atoms with Gasteiger partial charge in [-0.25, -0.2) is 0 Å². The van der Waals surface area contributed by atoms with Crippen LogP contribution in [0, 0.1) is 11.3 Å². The van der Waals surface area contributed by atoms with Crippen LogP contribution in [0.3, 0.4) is 0 Å². The molecule has 1 aromatic heterocycles. The molecule has 1 aromatic carbocycles. The van der Waals surface area contributed by atoms with Gasteiger partial charge >= 0.3 is 0 Å². The van der Waals surface area contributed by atoms with E-state index in [-0.39, 0.29) is 0 Å². The minimum Gasteiger partial charge on any atom is -0.494 e. The highest BCUT2D eigenvalue weighted by Crippen LogP contribution is 2.12. The van der Waals surface area contributed by atoms with Crippen molar-refractivity contribution < 1.29 is 4.74 Å². The predicted octanol–water partition coefficient (Wildman–Crippen LogP) is 3.52.